The third-order valence-electron chi connectivity index (χ3n) is 4.65. The third-order valence-corrected chi connectivity index (χ3v) is 5.98. The monoisotopic (exact) mass is 464 g/mol. The Hall–Kier alpha value is -1.69. The highest BCUT2D eigenvalue weighted by Crippen LogP contribution is 2.33. The van der Waals surface area contributed by atoms with E-state index < -0.39 is 0 Å². The molecule has 0 radical (unpaired) electrons. The Balaban J connectivity index is 0.00000320. The van der Waals surface area contributed by atoms with E-state index in [0.29, 0.717) is 18.1 Å². The minimum atomic E-state index is -0.0984. The van der Waals surface area contributed by atoms with Gasteiger partial charge in [-0.1, -0.05) is 65.8 Å². The minimum Gasteiger partial charge on any atom is -0.489 e. The van der Waals surface area contributed by atoms with E-state index in [1.165, 1.54) is 0 Å². The smallest absolute Gasteiger partial charge is 0.120 e. The van der Waals surface area contributed by atoms with Gasteiger partial charge in [0, 0.05) is 33.9 Å². The molecule has 0 bridgehead atoms. The Morgan fingerprint density at radius 3 is 2.30 bits per heavy atom. The standard InChI is InChI=1S/C24H25ClO3S.ClH/c25-24-14-23(12-11-20(24)10-9-19(15-26)16-27)29-22-8-4-7-21(13-22)28-17-18-5-2-1-3-6-18;/h1-8,11-14,19,26-27H,9-10,15-17H2;1H. The summed E-state index contributed by atoms with van der Waals surface area (Å²) in [5.41, 5.74) is 2.17. The second kappa shape index (κ2) is 12.9. The van der Waals surface area contributed by atoms with Crippen LogP contribution in [0.25, 0.3) is 0 Å². The molecule has 30 heavy (non-hydrogen) atoms. The fourth-order valence-electron chi connectivity index (χ4n) is 2.90. The molecule has 6 heteroatoms. The van der Waals surface area contributed by atoms with Gasteiger partial charge in [-0.05, 0) is 54.3 Å². The maximum Gasteiger partial charge on any atom is 0.120 e. The van der Waals surface area contributed by atoms with Crippen molar-refractivity contribution >= 4 is 35.8 Å². The summed E-state index contributed by atoms with van der Waals surface area (Å²) >= 11 is 8.09. The van der Waals surface area contributed by atoms with Crippen LogP contribution in [-0.4, -0.2) is 23.4 Å². The van der Waals surface area contributed by atoms with Crippen molar-refractivity contribution in [3.05, 3.63) is 88.9 Å². The molecule has 3 rings (SSSR count). The first kappa shape index (κ1) is 24.6. The van der Waals surface area contributed by atoms with Gasteiger partial charge in [0.15, 0.2) is 0 Å². The zero-order valence-electron chi connectivity index (χ0n) is 16.5. The molecule has 3 aromatic rings. The van der Waals surface area contributed by atoms with Gasteiger partial charge in [0.05, 0.1) is 0 Å². The van der Waals surface area contributed by atoms with Crippen LogP contribution in [0.5, 0.6) is 5.75 Å². The van der Waals surface area contributed by atoms with Crippen LogP contribution in [0.4, 0.5) is 0 Å². The van der Waals surface area contributed by atoms with E-state index >= 15 is 0 Å². The molecule has 0 fully saturated rings. The highest BCUT2D eigenvalue weighted by molar-refractivity contribution is 7.99. The van der Waals surface area contributed by atoms with E-state index in [1.807, 2.05) is 60.7 Å². The van der Waals surface area contributed by atoms with Crippen molar-refractivity contribution in [1.29, 1.82) is 0 Å². The van der Waals surface area contributed by atoms with Crippen molar-refractivity contribution in [2.24, 2.45) is 5.92 Å². The van der Waals surface area contributed by atoms with E-state index in [-0.39, 0.29) is 31.5 Å². The summed E-state index contributed by atoms with van der Waals surface area (Å²) in [5.74, 6) is 0.736. The van der Waals surface area contributed by atoms with Gasteiger partial charge in [0.2, 0.25) is 0 Å². The lowest BCUT2D eigenvalue weighted by Crippen LogP contribution is -2.11. The molecule has 2 N–H and O–H groups in total. The van der Waals surface area contributed by atoms with Crippen LogP contribution in [0.1, 0.15) is 17.5 Å². The highest BCUT2D eigenvalue weighted by atomic mass is 35.5. The number of aryl methyl sites for hydroxylation is 1. The van der Waals surface area contributed by atoms with Gasteiger partial charge in [-0.2, -0.15) is 0 Å². The van der Waals surface area contributed by atoms with Crippen LogP contribution in [0.2, 0.25) is 5.02 Å². The summed E-state index contributed by atoms with van der Waals surface area (Å²) < 4.78 is 5.91. The molecule has 0 aliphatic carbocycles. The SMILES string of the molecule is Cl.OCC(CO)CCc1ccc(Sc2cccc(OCc3ccccc3)c2)cc1Cl. The molecule has 3 aromatic carbocycles. The van der Waals surface area contributed by atoms with Crippen molar-refractivity contribution in [1.82, 2.24) is 0 Å². The number of aliphatic hydroxyl groups is 2. The normalized spacial score (nSPS) is 10.7. The number of rotatable bonds is 10. The lowest BCUT2D eigenvalue weighted by Gasteiger charge is -2.12. The second-order valence-electron chi connectivity index (χ2n) is 6.87. The van der Waals surface area contributed by atoms with Crippen molar-refractivity contribution in [2.75, 3.05) is 13.2 Å². The van der Waals surface area contributed by atoms with Gasteiger partial charge >= 0.3 is 0 Å². The fourth-order valence-corrected chi connectivity index (χ4v) is 4.15. The van der Waals surface area contributed by atoms with E-state index in [2.05, 4.69) is 12.1 Å². The summed E-state index contributed by atoms with van der Waals surface area (Å²) in [6.07, 6.45) is 1.44. The zero-order valence-corrected chi connectivity index (χ0v) is 18.9. The maximum atomic E-state index is 9.20. The molecule has 160 valence electrons. The van der Waals surface area contributed by atoms with Gasteiger partial charge < -0.3 is 14.9 Å². The van der Waals surface area contributed by atoms with Gasteiger partial charge in [0.25, 0.3) is 0 Å². The van der Waals surface area contributed by atoms with Gasteiger partial charge in [0.1, 0.15) is 12.4 Å². The van der Waals surface area contributed by atoms with Crippen LogP contribution in [-0.2, 0) is 13.0 Å². The van der Waals surface area contributed by atoms with E-state index in [4.69, 9.17) is 16.3 Å². The van der Waals surface area contributed by atoms with Gasteiger partial charge in [-0.3, -0.25) is 0 Å². The lowest BCUT2D eigenvalue weighted by atomic mass is 10.0. The number of ether oxygens (including phenoxy) is 1. The Labute approximate surface area is 193 Å². The second-order valence-corrected chi connectivity index (χ2v) is 8.43. The van der Waals surface area contributed by atoms with Crippen LogP contribution in [0, 0.1) is 5.92 Å². The molecule has 0 unspecified atom stereocenters. The van der Waals surface area contributed by atoms with Crippen LogP contribution in [0.15, 0.2) is 82.6 Å². The average molecular weight is 465 g/mol. The molecule has 0 aliphatic rings. The summed E-state index contributed by atoms with van der Waals surface area (Å²) in [5, 5.41) is 19.1. The molecular formula is C24H26Cl2O3S. The van der Waals surface area contributed by atoms with E-state index in [0.717, 1.165) is 33.1 Å². The number of hydrogen-bond donors (Lipinski definition) is 2. The fraction of sp³-hybridized carbons (Fsp3) is 0.250. The highest BCUT2D eigenvalue weighted by Gasteiger charge is 2.09. The molecule has 0 atom stereocenters. The molecule has 0 saturated heterocycles. The maximum absolute atomic E-state index is 9.20. The van der Waals surface area contributed by atoms with Gasteiger partial charge in [-0.25, -0.2) is 0 Å². The predicted molar refractivity (Wildman–Crippen MR) is 126 cm³/mol. The molecule has 3 nitrogen and oxygen atoms in total. The first-order valence-corrected chi connectivity index (χ1v) is 10.8. The molecule has 0 aromatic heterocycles. The van der Waals surface area contributed by atoms with E-state index in [1.54, 1.807) is 11.8 Å². The summed E-state index contributed by atoms with van der Waals surface area (Å²) in [7, 11) is 0. The van der Waals surface area contributed by atoms with Crippen LogP contribution < -0.4 is 4.74 Å². The van der Waals surface area contributed by atoms with Gasteiger partial charge in [-0.15, -0.1) is 12.4 Å². The van der Waals surface area contributed by atoms with E-state index in [9.17, 15) is 10.2 Å². The first-order valence-electron chi connectivity index (χ1n) is 9.62. The molecule has 0 aliphatic heterocycles. The lowest BCUT2D eigenvalue weighted by molar-refractivity contribution is 0.144. The van der Waals surface area contributed by atoms with Crippen LogP contribution in [0.3, 0.4) is 0 Å². The largest absolute Gasteiger partial charge is 0.489 e. The third kappa shape index (κ3) is 7.53. The van der Waals surface area contributed by atoms with Crippen LogP contribution >= 0.6 is 35.8 Å². The Kier molecular flexibility index (Phi) is 10.6. The Morgan fingerprint density at radius 1 is 0.867 bits per heavy atom. The number of benzene rings is 3. The van der Waals surface area contributed by atoms with Crippen molar-refractivity contribution in [3.63, 3.8) is 0 Å². The topological polar surface area (TPSA) is 49.7 Å². The quantitative estimate of drug-likeness (QED) is 0.384. The number of halogens is 2. The Bertz CT molecular complexity index is 902. The Morgan fingerprint density at radius 2 is 1.60 bits per heavy atom. The minimum absolute atomic E-state index is 0. The first-order chi connectivity index (χ1) is 14.2. The number of hydrogen-bond acceptors (Lipinski definition) is 4. The predicted octanol–water partition coefficient (Wildman–Crippen LogP) is 6.03. The summed E-state index contributed by atoms with van der Waals surface area (Å²) in [6.45, 7) is 0.521. The molecule has 0 amide bonds. The number of aliphatic hydroxyl groups excluding tert-OH is 2. The summed E-state index contributed by atoms with van der Waals surface area (Å²) in [4.78, 5) is 2.14. The molecule has 0 heterocycles. The van der Waals surface area contributed by atoms with Crippen molar-refractivity contribution in [3.8, 4) is 5.75 Å². The molecule has 0 spiro atoms. The zero-order chi connectivity index (χ0) is 20.5. The summed E-state index contributed by atoms with van der Waals surface area (Å²) in [6, 6.07) is 24.2. The molecule has 0 saturated carbocycles. The van der Waals surface area contributed by atoms with Crippen molar-refractivity contribution < 1.29 is 14.9 Å². The van der Waals surface area contributed by atoms with Crippen molar-refractivity contribution in [2.45, 2.75) is 29.2 Å². The molecular weight excluding hydrogens is 439 g/mol. The average Bonchev–Trinajstić information content (AvgIpc) is 2.75.